The predicted molar refractivity (Wildman–Crippen MR) is 52.4 cm³/mol. The number of benzene rings is 1. The first-order valence-corrected chi connectivity index (χ1v) is 5.71. The van der Waals surface area contributed by atoms with Crippen molar-refractivity contribution in [2.75, 3.05) is 0 Å². The van der Waals surface area contributed by atoms with E-state index in [4.69, 9.17) is 11.5 Å². The van der Waals surface area contributed by atoms with Gasteiger partial charge in [0, 0.05) is 0 Å². The molecule has 1 rings (SSSR count). The number of carboxylic acid groups (broad SMARTS) is 1. The van der Waals surface area contributed by atoms with Gasteiger partial charge in [0.25, 0.3) is 0 Å². The van der Waals surface area contributed by atoms with E-state index in [1.54, 1.807) is 12.1 Å². The Labute approximate surface area is 83.1 Å². The second kappa shape index (κ2) is 4.71. The quantitative estimate of drug-likeness (QED) is 0.624. The van der Waals surface area contributed by atoms with E-state index in [0.717, 1.165) is 4.46 Å². The summed E-state index contributed by atoms with van der Waals surface area (Å²) >= 11 is 0.0731. The molecule has 0 amide bonds. The molecule has 0 atom stereocenters. The number of hydrogen-bond acceptors (Lipinski definition) is 1. The van der Waals surface area contributed by atoms with Crippen LogP contribution < -0.4 is 4.46 Å². The standard InChI is InChI=1S/C10H8O2Se/c1-2-7-13-9-6-4-3-5-8(9)10(11)12/h1,3-6H,7H2,(H,11,12). The Morgan fingerprint density at radius 2 is 2.23 bits per heavy atom. The first kappa shape index (κ1) is 9.85. The molecule has 0 aliphatic heterocycles. The van der Waals surface area contributed by atoms with E-state index in [1.165, 1.54) is 0 Å². The molecule has 1 N–H and O–H groups in total. The van der Waals surface area contributed by atoms with E-state index in [1.807, 2.05) is 12.1 Å². The van der Waals surface area contributed by atoms with Gasteiger partial charge in [0.05, 0.1) is 0 Å². The molecular formula is C10H8O2Se. The van der Waals surface area contributed by atoms with Crippen LogP contribution in [0.15, 0.2) is 24.3 Å². The summed E-state index contributed by atoms with van der Waals surface area (Å²) < 4.78 is 0.862. The normalized spacial score (nSPS) is 9.15. The molecule has 0 radical (unpaired) electrons. The summed E-state index contributed by atoms with van der Waals surface area (Å²) in [6, 6.07) is 6.98. The van der Waals surface area contributed by atoms with Gasteiger partial charge in [-0.15, -0.1) is 0 Å². The van der Waals surface area contributed by atoms with E-state index in [9.17, 15) is 4.79 Å². The van der Waals surface area contributed by atoms with Crippen molar-refractivity contribution in [3.05, 3.63) is 29.8 Å². The Morgan fingerprint density at radius 1 is 1.54 bits per heavy atom. The summed E-state index contributed by atoms with van der Waals surface area (Å²) in [6.07, 6.45) is 5.12. The molecule has 0 fully saturated rings. The second-order valence-electron chi connectivity index (χ2n) is 2.29. The van der Waals surface area contributed by atoms with Crippen LogP contribution in [0.4, 0.5) is 0 Å². The van der Waals surface area contributed by atoms with E-state index in [-0.39, 0.29) is 15.0 Å². The zero-order valence-electron chi connectivity index (χ0n) is 6.86. The van der Waals surface area contributed by atoms with Crippen molar-refractivity contribution < 1.29 is 9.90 Å². The van der Waals surface area contributed by atoms with Crippen molar-refractivity contribution in [2.24, 2.45) is 0 Å². The molecule has 1 aromatic carbocycles. The van der Waals surface area contributed by atoms with Gasteiger partial charge in [0.2, 0.25) is 0 Å². The van der Waals surface area contributed by atoms with Gasteiger partial charge in [-0.1, -0.05) is 0 Å². The summed E-state index contributed by atoms with van der Waals surface area (Å²) in [5, 5.41) is 9.46. The summed E-state index contributed by atoms with van der Waals surface area (Å²) in [7, 11) is 0. The maximum atomic E-state index is 10.7. The third-order valence-corrected chi connectivity index (χ3v) is 3.48. The summed E-state index contributed by atoms with van der Waals surface area (Å²) in [5.74, 6) is 1.64. The van der Waals surface area contributed by atoms with Gasteiger partial charge in [-0.05, 0) is 0 Å². The molecule has 66 valence electrons. The van der Waals surface area contributed by atoms with Crippen molar-refractivity contribution in [3.63, 3.8) is 0 Å². The molecule has 0 saturated heterocycles. The molecule has 1 aromatic rings. The number of terminal acetylenes is 1. The third kappa shape index (κ3) is 2.62. The van der Waals surface area contributed by atoms with Crippen LogP contribution in [0.2, 0.25) is 5.32 Å². The molecule has 0 aromatic heterocycles. The van der Waals surface area contributed by atoms with Gasteiger partial charge in [0.1, 0.15) is 0 Å². The molecule has 0 saturated carbocycles. The molecule has 0 heterocycles. The minimum absolute atomic E-state index is 0.0731. The Kier molecular flexibility index (Phi) is 3.57. The molecule has 0 spiro atoms. The molecule has 0 aliphatic rings. The van der Waals surface area contributed by atoms with Crippen LogP contribution in [-0.4, -0.2) is 26.0 Å². The van der Waals surface area contributed by atoms with Crippen LogP contribution in [0.25, 0.3) is 0 Å². The fraction of sp³-hybridized carbons (Fsp3) is 0.100. The van der Waals surface area contributed by atoms with Gasteiger partial charge in [-0.2, -0.15) is 0 Å². The number of carboxylic acids is 1. The Morgan fingerprint density at radius 3 is 2.85 bits per heavy atom. The van der Waals surface area contributed by atoms with Crippen LogP contribution in [0.5, 0.6) is 0 Å². The Hall–Kier alpha value is -1.23. The van der Waals surface area contributed by atoms with Crippen LogP contribution in [0.3, 0.4) is 0 Å². The molecule has 2 nitrogen and oxygen atoms in total. The van der Waals surface area contributed by atoms with Crippen LogP contribution >= 0.6 is 0 Å². The van der Waals surface area contributed by atoms with Crippen molar-refractivity contribution >= 4 is 25.4 Å². The van der Waals surface area contributed by atoms with E-state index in [0.29, 0.717) is 10.9 Å². The first-order valence-electron chi connectivity index (χ1n) is 3.64. The minimum atomic E-state index is -0.880. The third-order valence-electron chi connectivity index (χ3n) is 1.43. The van der Waals surface area contributed by atoms with Gasteiger partial charge in [-0.3, -0.25) is 0 Å². The number of carbonyl (C=O) groups is 1. The second-order valence-corrected chi connectivity index (χ2v) is 4.43. The molecule has 13 heavy (non-hydrogen) atoms. The fourth-order valence-electron chi connectivity index (χ4n) is 0.889. The molecule has 0 bridgehead atoms. The van der Waals surface area contributed by atoms with Crippen LogP contribution in [0, 0.1) is 12.3 Å². The number of rotatable bonds is 3. The van der Waals surface area contributed by atoms with Crippen molar-refractivity contribution in [1.29, 1.82) is 0 Å². The van der Waals surface area contributed by atoms with E-state index in [2.05, 4.69) is 5.92 Å². The molecule has 0 aliphatic carbocycles. The SMILES string of the molecule is C#CC[Se]c1ccccc1C(=O)O. The number of aromatic carboxylic acids is 1. The van der Waals surface area contributed by atoms with Gasteiger partial charge >= 0.3 is 82.8 Å². The van der Waals surface area contributed by atoms with E-state index >= 15 is 0 Å². The molecule has 3 heteroatoms. The summed E-state index contributed by atoms with van der Waals surface area (Å²) in [6.45, 7) is 0. The average Bonchev–Trinajstić information content (AvgIpc) is 2.15. The van der Waals surface area contributed by atoms with E-state index < -0.39 is 5.97 Å². The predicted octanol–water partition coefficient (Wildman–Crippen LogP) is 0.766. The topological polar surface area (TPSA) is 37.3 Å². The fourth-order valence-corrected chi connectivity index (χ4v) is 2.41. The van der Waals surface area contributed by atoms with Crippen LogP contribution in [0.1, 0.15) is 10.4 Å². The van der Waals surface area contributed by atoms with Crippen molar-refractivity contribution in [2.45, 2.75) is 5.32 Å². The van der Waals surface area contributed by atoms with Gasteiger partial charge < -0.3 is 0 Å². The molecular weight excluding hydrogens is 231 g/mol. The Bertz CT molecular complexity index is 352. The first-order chi connectivity index (χ1) is 6.25. The van der Waals surface area contributed by atoms with Crippen LogP contribution in [-0.2, 0) is 0 Å². The summed E-state index contributed by atoms with van der Waals surface area (Å²) in [5.41, 5.74) is 0.373. The van der Waals surface area contributed by atoms with Crippen molar-refractivity contribution in [3.8, 4) is 12.3 Å². The Balaban J connectivity index is 2.92. The van der Waals surface area contributed by atoms with Gasteiger partial charge in [0.15, 0.2) is 0 Å². The van der Waals surface area contributed by atoms with Crippen molar-refractivity contribution in [1.82, 2.24) is 0 Å². The number of hydrogen-bond donors (Lipinski definition) is 1. The zero-order chi connectivity index (χ0) is 9.68. The van der Waals surface area contributed by atoms with Gasteiger partial charge in [-0.25, -0.2) is 0 Å². The molecule has 0 unspecified atom stereocenters. The average molecular weight is 239 g/mol. The monoisotopic (exact) mass is 240 g/mol. The summed E-state index contributed by atoms with van der Waals surface area (Å²) in [4.78, 5) is 10.7. The zero-order valence-corrected chi connectivity index (χ0v) is 8.57. The maximum absolute atomic E-state index is 10.7.